The van der Waals surface area contributed by atoms with Crippen LogP contribution in [0.4, 0.5) is 0 Å². The quantitative estimate of drug-likeness (QED) is 0.635. The fourth-order valence-corrected chi connectivity index (χ4v) is 1.86. The predicted octanol–water partition coefficient (Wildman–Crippen LogP) is 3.84. The highest BCUT2D eigenvalue weighted by Gasteiger charge is 2.14. The Kier molecular flexibility index (Phi) is 4.30. The van der Waals surface area contributed by atoms with Gasteiger partial charge >= 0.3 is 0 Å². The minimum absolute atomic E-state index is 0.206. The molecule has 0 saturated carbocycles. The van der Waals surface area contributed by atoms with Gasteiger partial charge < -0.3 is 0 Å². The molecule has 0 fully saturated rings. The Labute approximate surface area is 120 Å². The van der Waals surface area contributed by atoms with Crippen molar-refractivity contribution in [3.63, 3.8) is 0 Å². The Morgan fingerprint density at radius 1 is 0.895 bits per heavy atom. The Bertz CT molecular complexity index is 627. The van der Waals surface area contributed by atoms with Crippen molar-refractivity contribution in [1.29, 1.82) is 0 Å². The highest BCUT2D eigenvalue weighted by Crippen LogP contribution is 2.23. The number of halogens is 2. The van der Waals surface area contributed by atoms with E-state index in [9.17, 15) is 9.59 Å². The van der Waals surface area contributed by atoms with E-state index >= 15 is 0 Å². The van der Waals surface area contributed by atoms with Crippen molar-refractivity contribution in [3.05, 3.63) is 63.9 Å². The molecule has 0 atom stereocenters. The van der Waals surface area contributed by atoms with Gasteiger partial charge in [-0.1, -0.05) is 23.2 Å². The molecule has 3 nitrogen and oxygen atoms in total. The molecule has 0 spiro atoms. The topological polar surface area (TPSA) is 47.0 Å². The van der Waals surface area contributed by atoms with Crippen molar-refractivity contribution in [2.24, 2.45) is 0 Å². The number of hydrogen-bond donors (Lipinski definition) is 0. The summed E-state index contributed by atoms with van der Waals surface area (Å²) in [6.45, 7) is 0. The lowest BCUT2D eigenvalue weighted by molar-refractivity contribution is 0.0894. The van der Waals surface area contributed by atoms with Crippen LogP contribution in [0.25, 0.3) is 0 Å². The molecule has 2 aromatic rings. The van der Waals surface area contributed by atoms with E-state index < -0.39 is 0 Å². The average molecular weight is 294 g/mol. The van der Waals surface area contributed by atoms with Crippen LogP contribution in [0.2, 0.25) is 10.0 Å². The molecule has 0 saturated heterocycles. The molecule has 1 aromatic carbocycles. The van der Waals surface area contributed by atoms with Crippen LogP contribution in [0, 0.1) is 0 Å². The first-order chi connectivity index (χ1) is 9.08. The van der Waals surface area contributed by atoms with Crippen molar-refractivity contribution >= 4 is 34.8 Å². The molecule has 2 rings (SSSR count). The van der Waals surface area contributed by atoms with Crippen LogP contribution in [-0.4, -0.2) is 16.6 Å². The second kappa shape index (κ2) is 5.95. The summed E-state index contributed by atoms with van der Waals surface area (Å²) in [5.41, 5.74) is 0.834. The Hall–Kier alpha value is -1.71. The van der Waals surface area contributed by atoms with Gasteiger partial charge in [-0.25, -0.2) is 0 Å². The summed E-state index contributed by atoms with van der Waals surface area (Å²) in [6.07, 6.45) is 2.82. The Morgan fingerprint density at radius 2 is 1.53 bits per heavy atom. The van der Waals surface area contributed by atoms with Gasteiger partial charge in [-0.2, -0.15) is 0 Å². The first-order valence-corrected chi connectivity index (χ1v) is 6.25. The zero-order chi connectivity index (χ0) is 13.8. The first-order valence-electron chi connectivity index (χ1n) is 5.49. The third-order valence-electron chi connectivity index (χ3n) is 2.56. The van der Waals surface area contributed by atoms with Crippen molar-refractivity contribution in [3.8, 4) is 0 Å². The minimum Gasteiger partial charge on any atom is -0.294 e. The van der Waals surface area contributed by atoms with E-state index in [0.29, 0.717) is 21.2 Å². The zero-order valence-corrected chi connectivity index (χ0v) is 11.3. The summed E-state index contributed by atoms with van der Waals surface area (Å²) in [4.78, 5) is 27.6. The van der Waals surface area contributed by atoms with Crippen molar-refractivity contribution in [2.45, 2.75) is 6.42 Å². The van der Waals surface area contributed by atoms with E-state index in [1.165, 1.54) is 24.5 Å². The molecule has 0 aliphatic carbocycles. The van der Waals surface area contributed by atoms with Gasteiger partial charge in [0, 0.05) is 23.5 Å². The van der Waals surface area contributed by atoms with Gasteiger partial charge in [0.05, 0.1) is 16.5 Å². The van der Waals surface area contributed by atoms with E-state index in [4.69, 9.17) is 23.2 Å². The number of aromatic nitrogens is 1. The van der Waals surface area contributed by atoms with Gasteiger partial charge in [-0.05, 0) is 30.3 Å². The molecule has 0 aliphatic heterocycles. The molecule has 5 heteroatoms. The van der Waals surface area contributed by atoms with E-state index in [2.05, 4.69) is 4.98 Å². The second-order valence-electron chi connectivity index (χ2n) is 3.89. The molecule has 0 unspecified atom stereocenters. The molecule has 1 aromatic heterocycles. The number of ketones is 2. The summed E-state index contributed by atoms with van der Waals surface area (Å²) in [5.74, 6) is -0.543. The maximum absolute atomic E-state index is 12.0. The fourth-order valence-electron chi connectivity index (χ4n) is 1.56. The van der Waals surface area contributed by atoms with E-state index in [-0.39, 0.29) is 18.0 Å². The van der Waals surface area contributed by atoms with E-state index in [0.717, 1.165) is 0 Å². The maximum atomic E-state index is 12.0. The molecule has 0 bridgehead atoms. The van der Waals surface area contributed by atoms with Gasteiger partial charge in [-0.3, -0.25) is 14.6 Å². The maximum Gasteiger partial charge on any atom is 0.170 e. The Balaban J connectivity index is 2.13. The normalized spacial score (nSPS) is 10.2. The fraction of sp³-hybridized carbons (Fsp3) is 0.0714. The standard InChI is InChI=1S/C14H9Cl2NO2/c15-11-2-1-10(7-12(11)16)14(19)8-13(18)9-3-5-17-6-4-9/h1-7H,8H2. The smallest absolute Gasteiger partial charge is 0.170 e. The summed E-state index contributed by atoms with van der Waals surface area (Å²) < 4.78 is 0. The third-order valence-corrected chi connectivity index (χ3v) is 3.30. The molecule has 0 amide bonds. The van der Waals surface area contributed by atoms with E-state index in [1.54, 1.807) is 18.2 Å². The van der Waals surface area contributed by atoms with Gasteiger partial charge in [-0.15, -0.1) is 0 Å². The lowest BCUT2D eigenvalue weighted by Gasteiger charge is -2.02. The first kappa shape index (κ1) is 13.7. The van der Waals surface area contributed by atoms with Crippen LogP contribution < -0.4 is 0 Å². The van der Waals surface area contributed by atoms with Crippen LogP contribution >= 0.6 is 23.2 Å². The van der Waals surface area contributed by atoms with Crippen molar-refractivity contribution < 1.29 is 9.59 Å². The summed E-state index contributed by atoms with van der Waals surface area (Å²) in [5, 5.41) is 0.669. The molecular formula is C14H9Cl2NO2. The monoisotopic (exact) mass is 293 g/mol. The highest BCUT2D eigenvalue weighted by molar-refractivity contribution is 6.42. The molecule has 0 radical (unpaired) electrons. The lowest BCUT2D eigenvalue weighted by atomic mass is 10.0. The van der Waals surface area contributed by atoms with Crippen LogP contribution in [0.3, 0.4) is 0 Å². The second-order valence-corrected chi connectivity index (χ2v) is 4.70. The van der Waals surface area contributed by atoms with Gasteiger partial charge in [0.25, 0.3) is 0 Å². The number of rotatable bonds is 4. The van der Waals surface area contributed by atoms with Crippen LogP contribution in [-0.2, 0) is 0 Å². The molecule has 1 heterocycles. The molecule has 0 N–H and O–H groups in total. The van der Waals surface area contributed by atoms with Gasteiger partial charge in [0.2, 0.25) is 0 Å². The van der Waals surface area contributed by atoms with Crippen LogP contribution in [0.1, 0.15) is 27.1 Å². The van der Waals surface area contributed by atoms with Crippen molar-refractivity contribution in [1.82, 2.24) is 4.98 Å². The lowest BCUT2D eigenvalue weighted by Crippen LogP contribution is -2.08. The zero-order valence-electron chi connectivity index (χ0n) is 9.77. The minimum atomic E-state index is -0.291. The molecule has 96 valence electrons. The molecule has 0 aliphatic rings. The molecule has 19 heavy (non-hydrogen) atoms. The predicted molar refractivity (Wildman–Crippen MR) is 74.0 cm³/mol. The number of benzene rings is 1. The number of Topliss-reactive ketones (excluding diaryl/α,β-unsaturated/α-hetero) is 2. The third kappa shape index (κ3) is 3.40. The van der Waals surface area contributed by atoms with E-state index in [1.807, 2.05) is 0 Å². The number of nitrogens with zero attached hydrogens (tertiary/aromatic N) is 1. The van der Waals surface area contributed by atoms with Crippen LogP contribution in [0.5, 0.6) is 0 Å². The molecular weight excluding hydrogens is 285 g/mol. The van der Waals surface area contributed by atoms with Gasteiger partial charge in [0.15, 0.2) is 11.6 Å². The van der Waals surface area contributed by atoms with Crippen LogP contribution in [0.15, 0.2) is 42.7 Å². The number of carbonyl (C=O) groups excluding carboxylic acids is 2. The van der Waals surface area contributed by atoms with Crippen molar-refractivity contribution in [2.75, 3.05) is 0 Å². The van der Waals surface area contributed by atoms with Gasteiger partial charge in [0.1, 0.15) is 0 Å². The number of carbonyl (C=O) groups is 2. The number of pyridine rings is 1. The SMILES string of the molecule is O=C(CC(=O)c1ccc(Cl)c(Cl)c1)c1ccncc1. The number of hydrogen-bond acceptors (Lipinski definition) is 3. The highest BCUT2D eigenvalue weighted by atomic mass is 35.5. The summed E-state index contributed by atoms with van der Waals surface area (Å²) >= 11 is 11.6. The Morgan fingerprint density at radius 3 is 2.16 bits per heavy atom. The largest absolute Gasteiger partial charge is 0.294 e. The average Bonchev–Trinajstić information content (AvgIpc) is 2.42. The summed E-state index contributed by atoms with van der Waals surface area (Å²) in [7, 11) is 0. The summed E-state index contributed by atoms with van der Waals surface area (Å²) in [6, 6.07) is 7.70.